The Labute approximate surface area is 133 Å². The molecule has 7 nitrogen and oxygen atoms in total. The van der Waals surface area contributed by atoms with Gasteiger partial charge in [-0.2, -0.15) is 0 Å². The van der Waals surface area contributed by atoms with Crippen LogP contribution in [0.5, 0.6) is 0 Å². The maximum Gasteiger partial charge on any atom is 0.272 e. The number of nitro groups is 1. The lowest BCUT2D eigenvalue weighted by Gasteiger charge is -2.21. The lowest BCUT2D eigenvalue weighted by Crippen LogP contribution is -2.38. The highest BCUT2D eigenvalue weighted by Gasteiger charge is 2.27. The van der Waals surface area contributed by atoms with Gasteiger partial charge in [0, 0.05) is 17.2 Å². The SMILES string of the molecule is Cc1ccc(C(C)(O)CNC(=O)c2ccc([N+](=O)[O-])c(C)c2)o1. The molecule has 0 bridgehead atoms. The lowest BCUT2D eigenvalue weighted by molar-refractivity contribution is -0.385. The van der Waals surface area contributed by atoms with E-state index in [0.717, 1.165) is 0 Å². The zero-order valence-corrected chi connectivity index (χ0v) is 13.1. The van der Waals surface area contributed by atoms with Gasteiger partial charge in [0.15, 0.2) is 0 Å². The first-order valence-electron chi connectivity index (χ1n) is 7.03. The van der Waals surface area contributed by atoms with Gasteiger partial charge in [-0.1, -0.05) is 0 Å². The number of nitro benzene ring substituents is 1. The Hall–Kier alpha value is -2.67. The Bertz CT molecular complexity index is 749. The molecule has 1 unspecified atom stereocenters. The minimum atomic E-state index is -1.35. The number of carbonyl (C=O) groups is 1. The molecule has 0 radical (unpaired) electrons. The van der Waals surface area contributed by atoms with Crippen molar-refractivity contribution in [3.8, 4) is 0 Å². The molecule has 2 N–H and O–H groups in total. The summed E-state index contributed by atoms with van der Waals surface area (Å²) in [5.41, 5.74) is -0.699. The van der Waals surface area contributed by atoms with E-state index in [0.29, 0.717) is 22.6 Å². The van der Waals surface area contributed by atoms with E-state index in [1.165, 1.54) is 25.1 Å². The van der Waals surface area contributed by atoms with E-state index in [4.69, 9.17) is 4.42 Å². The molecule has 1 amide bonds. The minimum absolute atomic E-state index is 0.0420. The van der Waals surface area contributed by atoms with Crippen LogP contribution in [-0.2, 0) is 5.60 Å². The topological polar surface area (TPSA) is 106 Å². The van der Waals surface area contributed by atoms with E-state index in [-0.39, 0.29) is 12.2 Å². The molecule has 0 spiro atoms. The molecule has 0 aliphatic rings. The van der Waals surface area contributed by atoms with E-state index in [2.05, 4.69) is 5.32 Å². The number of nitrogens with zero attached hydrogens (tertiary/aromatic N) is 1. The van der Waals surface area contributed by atoms with Gasteiger partial charge in [-0.25, -0.2) is 0 Å². The molecular formula is C16H18N2O5. The molecule has 2 aromatic rings. The Kier molecular flexibility index (Phi) is 4.51. The monoisotopic (exact) mass is 318 g/mol. The summed E-state index contributed by atoms with van der Waals surface area (Å²) in [6.45, 7) is 4.82. The molecular weight excluding hydrogens is 300 g/mol. The van der Waals surface area contributed by atoms with Crippen molar-refractivity contribution in [3.63, 3.8) is 0 Å². The summed E-state index contributed by atoms with van der Waals surface area (Å²) in [7, 11) is 0. The van der Waals surface area contributed by atoms with Crippen LogP contribution in [0, 0.1) is 24.0 Å². The zero-order chi connectivity index (χ0) is 17.2. The second kappa shape index (κ2) is 6.21. The Morgan fingerprint density at radius 1 is 1.35 bits per heavy atom. The van der Waals surface area contributed by atoms with Gasteiger partial charge in [0.25, 0.3) is 11.6 Å². The molecule has 1 atom stereocenters. The molecule has 23 heavy (non-hydrogen) atoms. The smallest absolute Gasteiger partial charge is 0.272 e. The number of amides is 1. The summed E-state index contributed by atoms with van der Waals surface area (Å²) in [5, 5.41) is 23.8. The second-order valence-electron chi connectivity index (χ2n) is 5.63. The van der Waals surface area contributed by atoms with Crippen molar-refractivity contribution < 1.29 is 19.2 Å². The predicted octanol–water partition coefficient (Wildman–Crippen LogP) is 2.44. The number of aryl methyl sites for hydroxylation is 2. The summed E-state index contributed by atoms with van der Waals surface area (Å²) in [6.07, 6.45) is 0. The molecule has 1 heterocycles. The van der Waals surface area contributed by atoms with E-state index >= 15 is 0 Å². The minimum Gasteiger partial charge on any atom is -0.463 e. The van der Waals surface area contributed by atoms with Crippen LogP contribution in [0.3, 0.4) is 0 Å². The number of rotatable bonds is 5. The van der Waals surface area contributed by atoms with Gasteiger partial charge < -0.3 is 14.8 Å². The average Bonchev–Trinajstić information content (AvgIpc) is 2.92. The molecule has 0 aliphatic carbocycles. The van der Waals surface area contributed by atoms with Crippen molar-refractivity contribution in [1.29, 1.82) is 0 Å². The van der Waals surface area contributed by atoms with Crippen LogP contribution in [0.4, 0.5) is 5.69 Å². The quantitative estimate of drug-likeness (QED) is 0.650. The largest absolute Gasteiger partial charge is 0.463 e. The molecule has 122 valence electrons. The number of benzene rings is 1. The van der Waals surface area contributed by atoms with E-state index < -0.39 is 16.4 Å². The van der Waals surface area contributed by atoms with E-state index in [1.807, 2.05) is 0 Å². The standard InChI is InChI=1S/C16H18N2O5/c1-10-8-12(5-6-13(10)18(21)22)15(19)17-9-16(3,20)14-7-4-11(2)23-14/h4-8,20H,9H2,1-3H3,(H,17,19). The van der Waals surface area contributed by atoms with Gasteiger partial charge in [-0.15, -0.1) is 0 Å². The molecule has 2 rings (SSSR count). The summed E-state index contributed by atoms with van der Waals surface area (Å²) in [5.74, 6) is 0.597. The maximum atomic E-state index is 12.1. The van der Waals surface area contributed by atoms with Crippen molar-refractivity contribution in [3.05, 3.63) is 63.1 Å². The van der Waals surface area contributed by atoms with Crippen LogP contribution >= 0.6 is 0 Å². The van der Waals surface area contributed by atoms with Crippen molar-refractivity contribution >= 4 is 11.6 Å². The number of aliphatic hydroxyl groups is 1. The predicted molar refractivity (Wildman–Crippen MR) is 83.2 cm³/mol. The van der Waals surface area contributed by atoms with Crippen LogP contribution in [0.1, 0.15) is 34.4 Å². The first-order valence-corrected chi connectivity index (χ1v) is 7.03. The molecule has 0 fully saturated rings. The van der Waals surface area contributed by atoms with Crippen LogP contribution < -0.4 is 5.32 Å². The van der Waals surface area contributed by atoms with Crippen molar-refractivity contribution in [1.82, 2.24) is 5.32 Å². The maximum absolute atomic E-state index is 12.1. The number of carbonyl (C=O) groups excluding carboxylic acids is 1. The number of nitrogens with one attached hydrogen (secondary N) is 1. The van der Waals surface area contributed by atoms with Crippen molar-refractivity contribution in [2.75, 3.05) is 6.54 Å². The zero-order valence-electron chi connectivity index (χ0n) is 13.1. The first kappa shape index (κ1) is 16.7. The van der Waals surface area contributed by atoms with Crippen LogP contribution in [-0.4, -0.2) is 22.5 Å². The van der Waals surface area contributed by atoms with Crippen LogP contribution in [0.15, 0.2) is 34.7 Å². The van der Waals surface area contributed by atoms with Crippen LogP contribution in [0.2, 0.25) is 0 Å². The highest BCUT2D eigenvalue weighted by Crippen LogP contribution is 2.22. The van der Waals surface area contributed by atoms with E-state index in [1.54, 1.807) is 26.0 Å². The van der Waals surface area contributed by atoms with Gasteiger partial charge in [0.05, 0.1) is 11.5 Å². The van der Waals surface area contributed by atoms with Crippen molar-refractivity contribution in [2.24, 2.45) is 0 Å². The van der Waals surface area contributed by atoms with Gasteiger partial charge in [-0.3, -0.25) is 14.9 Å². The third kappa shape index (κ3) is 3.75. The van der Waals surface area contributed by atoms with Gasteiger partial charge in [0.1, 0.15) is 17.1 Å². The lowest BCUT2D eigenvalue weighted by atomic mass is 10.0. The van der Waals surface area contributed by atoms with Gasteiger partial charge in [0.2, 0.25) is 0 Å². The van der Waals surface area contributed by atoms with Gasteiger partial charge in [-0.05, 0) is 45.0 Å². The van der Waals surface area contributed by atoms with Crippen LogP contribution in [0.25, 0.3) is 0 Å². The third-order valence-corrected chi connectivity index (χ3v) is 3.52. The fraction of sp³-hybridized carbons (Fsp3) is 0.312. The van der Waals surface area contributed by atoms with Gasteiger partial charge >= 0.3 is 0 Å². The summed E-state index contributed by atoms with van der Waals surface area (Å²) >= 11 is 0. The average molecular weight is 318 g/mol. The summed E-state index contributed by atoms with van der Waals surface area (Å²) in [4.78, 5) is 22.4. The number of furan rings is 1. The molecule has 1 aromatic heterocycles. The first-order chi connectivity index (χ1) is 10.7. The Morgan fingerprint density at radius 2 is 2.04 bits per heavy atom. The fourth-order valence-corrected chi connectivity index (χ4v) is 2.17. The molecule has 0 saturated heterocycles. The molecule has 0 aliphatic heterocycles. The highest BCUT2D eigenvalue weighted by atomic mass is 16.6. The molecule has 7 heteroatoms. The fourth-order valence-electron chi connectivity index (χ4n) is 2.17. The summed E-state index contributed by atoms with van der Waals surface area (Å²) < 4.78 is 5.37. The van der Waals surface area contributed by atoms with E-state index in [9.17, 15) is 20.0 Å². The third-order valence-electron chi connectivity index (χ3n) is 3.52. The summed E-state index contributed by atoms with van der Waals surface area (Å²) in [6, 6.07) is 7.49. The second-order valence-corrected chi connectivity index (χ2v) is 5.63. The molecule has 0 saturated carbocycles. The number of hydrogen-bond acceptors (Lipinski definition) is 5. The highest BCUT2D eigenvalue weighted by molar-refractivity contribution is 5.94. The van der Waals surface area contributed by atoms with Crippen molar-refractivity contribution in [2.45, 2.75) is 26.4 Å². The Balaban J connectivity index is 2.07. The normalized spacial score (nSPS) is 13.4. The number of hydrogen-bond donors (Lipinski definition) is 2. The molecule has 1 aromatic carbocycles. The Morgan fingerprint density at radius 3 is 2.57 bits per heavy atom.